The molecular formula is C18H25NO6S. The lowest BCUT2D eigenvalue weighted by Gasteiger charge is -2.33. The normalized spacial score (nSPS) is 16.8. The van der Waals surface area contributed by atoms with Gasteiger partial charge in [0.05, 0.1) is 16.1 Å². The van der Waals surface area contributed by atoms with Crippen molar-refractivity contribution in [2.45, 2.75) is 37.5 Å². The molecule has 0 radical (unpaired) electrons. The second kappa shape index (κ2) is 8.64. The molecule has 8 heteroatoms. The SMILES string of the molecule is CCCCS(=O)(=O)c1ccc(C(=O)NCC2(C(=O)O)CCOCC2)cc1. The fourth-order valence-electron chi connectivity index (χ4n) is 2.85. The summed E-state index contributed by atoms with van der Waals surface area (Å²) in [6.07, 6.45) is 2.07. The molecule has 1 amide bonds. The van der Waals surface area contributed by atoms with E-state index in [1.54, 1.807) is 0 Å². The van der Waals surface area contributed by atoms with Gasteiger partial charge in [-0.05, 0) is 43.5 Å². The molecule has 1 aliphatic rings. The van der Waals surface area contributed by atoms with Gasteiger partial charge in [-0.2, -0.15) is 0 Å². The van der Waals surface area contributed by atoms with Gasteiger partial charge in [-0.1, -0.05) is 13.3 Å². The number of rotatable bonds is 8. The van der Waals surface area contributed by atoms with E-state index >= 15 is 0 Å². The minimum Gasteiger partial charge on any atom is -0.481 e. The number of unbranched alkanes of at least 4 members (excludes halogenated alkanes) is 1. The van der Waals surface area contributed by atoms with Crippen LogP contribution in [0.5, 0.6) is 0 Å². The van der Waals surface area contributed by atoms with E-state index in [9.17, 15) is 23.1 Å². The van der Waals surface area contributed by atoms with Crippen LogP contribution in [0.4, 0.5) is 0 Å². The quantitative estimate of drug-likeness (QED) is 0.709. The van der Waals surface area contributed by atoms with Gasteiger partial charge < -0.3 is 15.2 Å². The minimum atomic E-state index is -3.34. The molecule has 0 atom stereocenters. The fraction of sp³-hybridized carbons (Fsp3) is 0.556. The lowest BCUT2D eigenvalue weighted by atomic mass is 9.80. The molecule has 0 unspecified atom stereocenters. The number of hydrogen-bond donors (Lipinski definition) is 2. The van der Waals surface area contributed by atoms with E-state index in [0.717, 1.165) is 6.42 Å². The number of carboxylic acids is 1. The molecule has 2 rings (SSSR count). The molecule has 0 aliphatic carbocycles. The van der Waals surface area contributed by atoms with E-state index in [-0.39, 0.29) is 17.2 Å². The summed E-state index contributed by atoms with van der Waals surface area (Å²) >= 11 is 0. The predicted molar refractivity (Wildman–Crippen MR) is 95.9 cm³/mol. The van der Waals surface area contributed by atoms with Crippen LogP contribution in [-0.2, 0) is 19.4 Å². The van der Waals surface area contributed by atoms with Gasteiger partial charge in [0.2, 0.25) is 0 Å². The van der Waals surface area contributed by atoms with Crippen molar-refractivity contribution in [1.29, 1.82) is 0 Å². The minimum absolute atomic E-state index is 0.0150. The topological polar surface area (TPSA) is 110 Å². The summed E-state index contributed by atoms with van der Waals surface area (Å²) < 4.78 is 29.5. The third-order valence-electron chi connectivity index (χ3n) is 4.73. The number of amides is 1. The van der Waals surface area contributed by atoms with Crippen molar-refractivity contribution in [2.75, 3.05) is 25.5 Å². The Hall–Kier alpha value is -1.93. The maximum Gasteiger partial charge on any atom is 0.311 e. The van der Waals surface area contributed by atoms with Crippen LogP contribution in [-0.4, -0.2) is 50.9 Å². The van der Waals surface area contributed by atoms with Gasteiger partial charge in [0.15, 0.2) is 9.84 Å². The van der Waals surface area contributed by atoms with Crippen LogP contribution in [0.3, 0.4) is 0 Å². The van der Waals surface area contributed by atoms with E-state index in [4.69, 9.17) is 4.74 Å². The highest BCUT2D eigenvalue weighted by Crippen LogP contribution is 2.30. The van der Waals surface area contributed by atoms with Crippen LogP contribution in [0.25, 0.3) is 0 Å². The molecule has 1 saturated heterocycles. The van der Waals surface area contributed by atoms with E-state index < -0.39 is 27.1 Å². The van der Waals surface area contributed by atoms with Crippen LogP contribution in [0.1, 0.15) is 43.0 Å². The first-order valence-electron chi connectivity index (χ1n) is 8.73. The average Bonchev–Trinajstić information content (AvgIpc) is 2.65. The van der Waals surface area contributed by atoms with Crippen molar-refractivity contribution in [3.05, 3.63) is 29.8 Å². The van der Waals surface area contributed by atoms with Crippen molar-refractivity contribution in [3.8, 4) is 0 Å². The molecule has 0 spiro atoms. The van der Waals surface area contributed by atoms with Crippen molar-refractivity contribution in [2.24, 2.45) is 5.41 Å². The molecule has 2 N–H and O–H groups in total. The lowest BCUT2D eigenvalue weighted by molar-refractivity contribution is -0.154. The molecule has 1 aromatic rings. The van der Waals surface area contributed by atoms with Crippen molar-refractivity contribution < 1.29 is 27.9 Å². The van der Waals surface area contributed by atoms with Crippen LogP contribution in [0, 0.1) is 5.41 Å². The number of carbonyl (C=O) groups excluding carboxylic acids is 1. The summed E-state index contributed by atoms with van der Waals surface area (Å²) in [7, 11) is -3.34. The molecule has 1 aliphatic heterocycles. The Morgan fingerprint density at radius 3 is 2.35 bits per heavy atom. The van der Waals surface area contributed by atoms with Gasteiger partial charge in [-0.15, -0.1) is 0 Å². The molecule has 0 bridgehead atoms. The zero-order valence-electron chi connectivity index (χ0n) is 14.9. The van der Waals surface area contributed by atoms with Crippen LogP contribution >= 0.6 is 0 Å². The van der Waals surface area contributed by atoms with E-state index in [1.165, 1.54) is 24.3 Å². The Labute approximate surface area is 153 Å². The molecule has 7 nitrogen and oxygen atoms in total. The Balaban J connectivity index is 2.02. The number of carbonyl (C=O) groups is 2. The molecule has 144 valence electrons. The third kappa shape index (κ3) is 4.82. The second-order valence-corrected chi connectivity index (χ2v) is 8.69. The summed E-state index contributed by atoms with van der Waals surface area (Å²) in [5.41, 5.74) is -0.718. The average molecular weight is 383 g/mol. The summed E-state index contributed by atoms with van der Waals surface area (Å²) in [5, 5.41) is 12.2. The maximum atomic E-state index is 12.3. The number of sulfone groups is 1. The standard InChI is InChI=1S/C18H25NO6S/c1-2-3-12-26(23,24)15-6-4-14(5-7-15)16(20)19-13-18(17(21)22)8-10-25-11-9-18/h4-7H,2-3,8-13H2,1H3,(H,19,20)(H,21,22). The second-order valence-electron chi connectivity index (χ2n) is 6.58. The first-order valence-corrected chi connectivity index (χ1v) is 10.4. The summed E-state index contributed by atoms with van der Waals surface area (Å²) in [5.74, 6) is -1.29. The molecular weight excluding hydrogens is 358 g/mol. The van der Waals surface area contributed by atoms with Crippen LogP contribution in [0.15, 0.2) is 29.2 Å². The zero-order chi connectivity index (χ0) is 19.2. The Morgan fingerprint density at radius 1 is 1.19 bits per heavy atom. The number of carboxylic acid groups (broad SMARTS) is 1. The number of hydrogen-bond acceptors (Lipinski definition) is 5. The van der Waals surface area contributed by atoms with Crippen molar-refractivity contribution in [1.82, 2.24) is 5.32 Å². The molecule has 0 saturated carbocycles. The van der Waals surface area contributed by atoms with Crippen LogP contribution < -0.4 is 5.32 Å². The lowest BCUT2D eigenvalue weighted by Crippen LogP contribution is -2.46. The first-order chi connectivity index (χ1) is 12.3. The highest BCUT2D eigenvalue weighted by molar-refractivity contribution is 7.91. The molecule has 1 fully saturated rings. The smallest absolute Gasteiger partial charge is 0.311 e. The van der Waals surface area contributed by atoms with Crippen molar-refractivity contribution in [3.63, 3.8) is 0 Å². The molecule has 26 heavy (non-hydrogen) atoms. The fourth-order valence-corrected chi connectivity index (χ4v) is 4.30. The summed E-state index contributed by atoms with van der Waals surface area (Å²) in [6, 6.07) is 5.74. The number of ether oxygens (including phenoxy) is 1. The third-order valence-corrected chi connectivity index (χ3v) is 6.55. The van der Waals surface area contributed by atoms with E-state index in [0.29, 0.717) is 38.0 Å². The van der Waals surface area contributed by atoms with Gasteiger partial charge in [0.1, 0.15) is 0 Å². The summed E-state index contributed by atoms with van der Waals surface area (Å²) in [6.45, 7) is 2.64. The predicted octanol–water partition coefficient (Wildman–Crippen LogP) is 1.87. The molecule has 1 heterocycles. The Bertz CT molecular complexity index is 735. The Kier molecular flexibility index (Phi) is 6.77. The zero-order valence-corrected chi connectivity index (χ0v) is 15.7. The van der Waals surface area contributed by atoms with E-state index in [2.05, 4.69) is 5.32 Å². The first kappa shape index (κ1) is 20.4. The Morgan fingerprint density at radius 2 is 1.81 bits per heavy atom. The van der Waals surface area contributed by atoms with Gasteiger partial charge in [0.25, 0.3) is 5.91 Å². The summed E-state index contributed by atoms with van der Waals surface area (Å²) in [4.78, 5) is 24.1. The van der Waals surface area contributed by atoms with Crippen LogP contribution in [0.2, 0.25) is 0 Å². The largest absolute Gasteiger partial charge is 0.481 e. The monoisotopic (exact) mass is 383 g/mol. The maximum absolute atomic E-state index is 12.3. The molecule has 0 aromatic heterocycles. The number of aliphatic carboxylic acids is 1. The van der Waals surface area contributed by atoms with Crippen molar-refractivity contribution >= 4 is 21.7 Å². The van der Waals surface area contributed by atoms with Gasteiger partial charge >= 0.3 is 5.97 Å². The van der Waals surface area contributed by atoms with E-state index in [1.807, 2.05) is 6.92 Å². The number of benzene rings is 1. The molecule has 1 aromatic carbocycles. The van der Waals surface area contributed by atoms with Gasteiger partial charge in [-0.25, -0.2) is 8.42 Å². The highest BCUT2D eigenvalue weighted by atomic mass is 32.2. The highest BCUT2D eigenvalue weighted by Gasteiger charge is 2.40. The van der Waals surface area contributed by atoms with Gasteiger partial charge in [0, 0.05) is 25.3 Å². The van der Waals surface area contributed by atoms with Gasteiger partial charge in [-0.3, -0.25) is 9.59 Å². The number of nitrogens with one attached hydrogen (secondary N) is 1.